The lowest BCUT2D eigenvalue weighted by molar-refractivity contribution is 0.355. The summed E-state index contributed by atoms with van der Waals surface area (Å²) in [4.78, 5) is 0. The van der Waals surface area contributed by atoms with Crippen LogP contribution in [0.15, 0.2) is 12.7 Å². The Morgan fingerprint density at radius 2 is 1.81 bits per heavy atom. The van der Waals surface area contributed by atoms with E-state index in [-0.39, 0.29) is 12.1 Å². The highest BCUT2D eigenvalue weighted by atomic mass is 32.2. The zero-order chi connectivity index (χ0) is 12.2. The maximum Gasteiger partial charge on any atom is 0.277 e. The molecule has 0 aromatic rings. The average molecular weight is 246 g/mol. The highest BCUT2D eigenvalue weighted by Gasteiger charge is 2.23. The summed E-state index contributed by atoms with van der Waals surface area (Å²) >= 11 is 0. The Morgan fingerprint density at radius 3 is 2.25 bits per heavy atom. The van der Waals surface area contributed by atoms with Crippen molar-refractivity contribution in [2.75, 3.05) is 0 Å². The van der Waals surface area contributed by atoms with E-state index in [0.717, 1.165) is 25.7 Å². The maximum atomic E-state index is 11.6. The van der Waals surface area contributed by atoms with Crippen molar-refractivity contribution in [3.05, 3.63) is 12.7 Å². The number of rotatable bonds is 5. The molecule has 16 heavy (non-hydrogen) atoms. The number of hydrogen-bond donors (Lipinski definition) is 2. The topological polar surface area (TPSA) is 58.2 Å². The summed E-state index contributed by atoms with van der Waals surface area (Å²) in [6.45, 7) is 7.40. The van der Waals surface area contributed by atoms with Crippen molar-refractivity contribution in [3.63, 3.8) is 0 Å². The van der Waals surface area contributed by atoms with Crippen molar-refractivity contribution < 1.29 is 8.42 Å². The molecule has 94 valence electrons. The summed E-state index contributed by atoms with van der Waals surface area (Å²) in [5.41, 5.74) is 0. The van der Waals surface area contributed by atoms with Crippen LogP contribution in [-0.4, -0.2) is 20.5 Å². The van der Waals surface area contributed by atoms with Gasteiger partial charge in [-0.05, 0) is 45.4 Å². The van der Waals surface area contributed by atoms with Crippen LogP contribution in [0.5, 0.6) is 0 Å². The second-order valence-electron chi connectivity index (χ2n) is 4.74. The fraction of sp³-hybridized carbons (Fsp3) is 0.818. The van der Waals surface area contributed by atoms with Gasteiger partial charge in [-0.3, -0.25) is 0 Å². The molecular formula is C11H22N2O2S. The molecule has 2 N–H and O–H groups in total. The Labute approximate surface area is 98.7 Å². The van der Waals surface area contributed by atoms with E-state index in [2.05, 4.69) is 16.0 Å². The monoisotopic (exact) mass is 246 g/mol. The smallest absolute Gasteiger partial charge is 0.200 e. The second kappa shape index (κ2) is 5.80. The molecule has 0 aromatic carbocycles. The molecule has 5 heteroatoms. The minimum atomic E-state index is -3.33. The molecule has 0 saturated heterocycles. The first-order valence-electron chi connectivity index (χ1n) is 5.85. The number of hydrogen-bond acceptors (Lipinski definition) is 2. The zero-order valence-corrected chi connectivity index (χ0v) is 10.9. The molecule has 1 rings (SSSR count). The third kappa shape index (κ3) is 4.63. The molecule has 1 fully saturated rings. The van der Waals surface area contributed by atoms with E-state index in [4.69, 9.17) is 0 Å². The van der Waals surface area contributed by atoms with E-state index in [1.54, 1.807) is 0 Å². The molecule has 1 saturated carbocycles. The van der Waals surface area contributed by atoms with Crippen molar-refractivity contribution in [2.24, 2.45) is 5.92 Å². The largest absolute Gasteiger partial charge is 0.277 e. The lowest BCUT2D eigenvalue weighted by Crippen LogP contribution is -2.46. The predicted molar refractivity (Wildman–Crippen MR) is 66.3 cm³/mol. The maximum absolute atomic E-state index is 11.6. The summed E-state index contributed by atoms with van der Waals surface area (Å²) < 4.78 is 28.5. The van der Waals surface area contributed by atoms with Crippen LogP contribution in [0.4, 0.5) is 0 Å². The van der Waals surface area contributed by atoms with Gasteiger partial charge >= 0.3 is 0 Å². The lowest BCUT2D eigenvalue weighted by atomic mass is 9.87. The van der Waals surface area contributed by atoms with Crippen molar-refractivity contribution >= 4 is 10.2 Å². The van der Waals surface area contributed by atoms with Crippen molar-refractivity contribution in [1.29, 1.82) is 0 Å². The molecule has 1 aliphatic rings. The van der Waals surface area contributed by atoms with Gasteiger partial charge < -0.3 is 0 Å². The fourth-order valence-electron chi connectivity index (χ4n) is 2.04. The molecule has 0 radical (unpaired) electrons. The minimum absolute atomic E-state index is 0.0676. The Balaban J connectivity index is 2.41. The van der Waals surface area contributed by atoms with Crippen LogP contribution in [-0.2, 0) is 10.2 Å². The third-order valence-corrected chi connectivity index (χ3v) is 4.24. The Hall–Kier alpha value is -0.390. The standard InChI is InChI=1S/C11H22N2O2S/c1-4-10-5-7-11(8-6-10)13-16(14,15)12-9(2)3/h4,9-13H,1,5-8H2,2-3H3. The summed E-state index contributed by atoms with van der Waals surface area (Å²) in [6, 6.07) is 0.00876. The van der Waals surface area contributed by atoms with Crippen LogP contribution in [0.2, 0.25) is 0 Å². The van der Waals surface area contributed by atoms with Crippen LogP contribution < -0.4 is 9.44 Å². The summed E-state index contributed by atoms with van der Waals surface area (Å²) in [6.07, 6.45) is 5.82. The molecular weight excluding hydrogens is 224 g/mol. The average Bonchev–Trinajstić information content (AvgIpc) is 2.16. The first-order valence-corrected chi connectivity index (χ1v) is 7.33. The predicted octanol–water partition coefficient (Wildman–Crippen LogP) is 1.56. The van der Waals surface area contributed by atoms with Gasteiger partial charge in [-0.15, -0.1) is 6.58 Å². The van der Waals surface area contributed by atoms with E-state index in [1.165, 1.54) is 0 Å². The van der Waals surface area contributed by atoms with E-state index in [0.29, 0.717) is 5.92 Å². The van der Waals surface area contributed by atoms with Gasteiger partial charge in [0.25, 0.3) is 10.2 Å². The quantitative estimate of drug-likeness (QED) is 0.723. The van der Waals surface area contributed by atoms with E-state index in [1.807, 2.05) is 19.9 Å². The van der Waals surface area contributed by atoms with Crippen molar-refractivity contribution in [2.45, 2.75) is 51.6 Å². The molecule has 0 atom stereocenters. The number of allylic oxidation sites excluding steroid dienone is 1. The minimum Gasteiger partial charge on any atom is -0.200 e. The van der Waals surface area contributed by atoms with Gasteiger partial charge in [0.1, 0.15) is 0 Å². The van der Waals surface area contributed by atoms with Crippen LogP contribution in [0, 0.1) is 5.92 Å². The molecule has 0 spiro atoms. The number of nitrogens with one attached hydrogen (secondary N) is 2. The Kier molecular flexibility index (Phi) is 4.95. The first-order chi connectivity index (χ1) is 7.43. The fourth-order valence-corrected chi connectivity index (χ4v) is 3.40. The first kappa shape index (κ1) is 13.7. The summed E-state index contributed by atoms with van der Waals surface area (Å²) in [7, 11) is -3.33. The van der Waals surface area contributed by atoms with Crippen molar-refractivity contribution in [3.8, 4) is 0 Å². The van der Waals surface area contributed by atoms with Gasteiger partial charge in [0.15, 0.2) is 0 Å². The van der Waals surface area contributed by atoms with Gasteiger partial charge in [-0.1, -0.05) is 6.08 Å². The lowest BCUT2D eigenvalue weighted by Gasteiger charge is -2.27. The molecule has 0 amide bonds. The molecule has 0 bridgehead atoms. The van der Waals surface area contributed by atoms with Gasteiger partial charge in [0, 0.05) is 12.1 Å². The van der Waals surface area contributed by atoms with Gasteiger partial charge in [0.2, 0.25) is 0 Å². The molecule has 1 aliphatic carbocycles. The normalized spacial score (nSPS) is 26.9. The van der Waals surface area contributed by atoms with Crippen LogP contribution in [0.3, 0.4) is 0 Å². The highest BCUT2D eigenvalue weighted by Crippen LogP contribution is 2.24. The van der Waals surface area contributed by atoms with Crippen LogP contribution >= 0.6 is 0 Å². The Morgan fingerprint density at radius 1 is 1.25 bits per heavy atom. The summed E-state index contributed by atoms with van der Waals surface area (Å²) in [5, 5.41) is 0. The van der Waals surface area contributed by atoms with Gasteiger partial charge in [-0.2, -0.15) is 17.9 Å². The van der Waals surface area contributed by atoms with E-state index >= 15 is 0 Å². The van der Waals surface area contributed by atoms with Crippen LogP contribution in [0.25, 0.3) is 0 Å². The molecule has 0 aliphatic heterocycles. The van der Waals surface area contributed by atoms with Gasteiger partial charge in [0.05, 0.1) is 0 Å². The Bertz CT molecular complexity index is 317. The molecule has 4 nitrogen and oxygen atoms in total. The van der Waals surface area contributed by atoms with E-state index < -0.39 is 10.2 Å². The molecule has 0 aromatic heterocycles. The zero-order valence-electron chi connectivity index (χ0n) is 10.1. The molecule has 0 unspecified atom stereocenters. The SMILES string of the molecule is C=CC1CCC(NS(=O)(=O)NC(C)C)CC1. The van der Waals surface area contributed by atoms with Crippen molar-refractivity contribution in [1.82, 2.24) is 9.44 Å². The summed E-state index contributed by atoms with van der Waals surface area (Å²) in [5.74, 6) is 0.554. The van der Waals surface area contributed by atoms with Gasteiger partial charge in [-0.25, -0.2) is 0 Å². The van der Waals surface area contributed by atoms with Crippen LogP contribution in [0.1, 0.15) is 39.5 Å². The third-order valence-electron chi connectivity index (χ3n) is 2.82. The molecule has 0 heterocycles. The highest BCUT2D eigenvalue weighted by molar-refractivity contribution is 7.87. The van der Waals surface area contributed by atoms with E-state index in [9.17, 15) is 8.42 Å². The second-order valence-corrected chi connectivity index (χ2v) is 6.22.